The molecular weight excluding hydrogens is 386 g/mol. The van der Waals surface area contributed by atoms with Gasteiger partial charge in [-0.25, -0.2) is 4.79 Å². The Morgan fingerprint density at radius 3 is 2.28 bits per heavy atom. The van der Waals surface area contributed by atoms with Crippen LogP contribution in [-0.2, 0) is 9.59 Å². The van der Waals surface area contributed by atoms with Crippen molar-refractivity contribution >= 4 is 33.5 Å². The topological polar surface area (TPSA) is 64.6 Å². The third-order valence-electron chi connectivity index (χ3n) is 2.92. The number of esters is 1. The summed E-state index contributed by atoms with van der Waals surface area (Å²) in [6.07, 6.45) is 2.27. The number of halogens is 1. The molecule has 0 spiro atoms. The van der Waals surface area contributed by atoms with Crippen LogP contribution in [0.15, 0.2) is 65.2 Å². The highest BCUT2D eigenvalue weighted by Crippen LogP contribution is 2.21. The van der Waals surface area contributed by atoms with Crippen LogP contribution < -0.4 is 14.8 Å². The molecule has 5 nitrogen and oxygen atoms in total. The number of ether oxygens (including phenoxy) is 2. The van der Waals surface area contributed by atoms with E-state index in [1.54, 1.807) is 42.5 Å². The molecule has 2 rings (SSSR count). The first-order valence-electron chi connectivity index (χ1n) is 7.66. The summed E-state index contributed by atoms with van der Waals surface area (Å²) in [4.78, 5) is 23.6. The van der Waals surface area contributed by atoms with Crippen molar-refractivity contribution in [1.29, 1.82) is 0 Å². The lowest BCUT2D eigenvalue weighted by Gasteiger charge is -2.09. The molecule has 0 unspecified atom stereocenters. The third-order valence-corrected chi connectivity index (χ3v) is 3.61. The summed E-state index contributed by atoms with van der Waals surface area (Å²) in [5, 5.41) is 2.66. The zero-order chi connectivity index (χ0) is 18.2. The molecule has 0 aliphatic carbocycles. The summed E-state index contributed by atoms with van der Waals surface area (Å²) in [6.45, 7) is 3.86. The Morgan fingerprint density at radius 1 is 1.00 bits per heavy atom. The Kier molecular flexibility index (Phi) is 6.77. The highest BCUT2D eigenvalue weighted by molar-refractivity contribution is 9.10. The molecule has 0 aliphatic heterocycles. The second-order valence-electron chi connectivity index (χ2n) is 5.36. The number of nitrogens with one attached hydrogen (secondary N) is 1. The van der Waals surface area contributed by atoms with Gasteiger partial charge in [0.05, 0.1) is 11.8 Å². The van der Waals surface area contributed by atoms with Gasteiger partial charge in [-0.15, -0.1) is 0 Å². The van der Waals surface area contributed by atoms with Gasteiger partial charge < -0.3 is 14.8 Å². The maximum absolute atomic E-state index is 11.8. The number of hydrogen-bond donors (Lipinski definition) is 1. The van der Waals surface area contributed by atoms with Crippen molar-refractivity contribution in [1.82, 2.24) is 0 Å². The largest absolute Gasteiger partial charge is 0.491 e. The Balaban J connectivity index is 1.87. The van der Waals surface area contributed by atoms with E-state index in [1.807, 2.05) is 19.9 Å². The highest BCUT2D eigenvalue weighted by Gasteiger charge is 2.05. The third kappa shape index (κ3) is 6.43. The smallest absolute Gasteiger partial charge is 0.336 e. The number of carbonyl (C=O) groups is 2. The van der Waals surface area contributed by atoms with Crippen LogP contribution in [0.2, 0.25) is 0 Å². The van der Waals surface area contributed by atoms with Gasteiger partial charge in [-0.2, -0.15) is 0 Å². The second kappa shape index (κ2) is 9.03. The summed E-state index contributed by atoms with van der Waals surface area (Å²) in [5.74, 6) is -0.000498. The van der Waals surface area contributed by atoms with Crippen LogP contribution in [0.1, 0.15) is 13.8 Å². The maximum Gasteiger partial charge on any atom is 0.336 e. The van der Waals surface area contributed by atoms with Gasteiger partial charge in [0.2, 0.25) is 5.91 Å². The Morgan fingerprint density at radius 2 is 1.64 bits per heavy atom. The average molecular weight is 404 g/mol. The minimum Gasteiger partial charge on any atom is -0.491 e. The van der Waals surface area contributed by atoms with Crippen LogP contribution in [0.4, 0.5) is 5.69 Å². The van der Waals surface area contributed by atoms with Gasteiger partial charge in [-0.05, 0) is 66.2 Å². The molecule has 0 radical (unpaired) electrons. The van der Waals surface area contributed by atoms with Crippen LogP contribution in [0.25, 0.3) is 0 Å². The zero-order valence-electron chi connectivity index (χ0n) is 13.9. The lowest BCUT2D eigenvalue weighted by atomic mass is 10.3. The first-order chi connectivity index (χ1) is 11.9. The molecule has 0 aromatic heterocycles. The number of hydrogen-bond acceptors (Lipinski definition) is 4. The fourth-order valence-corrected chi connectivity index (χ4v) is 2.27. The number of anilines is 1. The number of rotatable bonds is 6. The van der Waals surface area contributed by atoms with Gasteiger partial charge in [0.25, 0.3) is 0 Å². The summed E-state index contributed by atoms with van der Waals surface area (Å²) in [7, 11) is 0. The van der Waals surface area contributed by atoms with Gasteiger partial charge >= 0.3 is 5.97 Å². The average Bonchev–Trinajstić information content (AvgIpc) is 2.56. The van der Waals surface area contributed by atoms with E-state index in [0.717, 1.165) is 16.6 Å². The highest BCUT2D eigenvalue weighted by atomic mass is 79.9. The first kappa shape index (κ1) is 18.7. The molecule has 0 heterocycles. The van der Waals surface area contributed by atoms with Gasteiger partial charge in [0, 0.05) is 16.6 Å². The molecule has 1 N–H and O–H groups in total. The molecule has 130 valence electrons. The summed E-state index contributed by atoms with van der Waals surface area (Å²) >= 11 is 3.33. The second-order valence-corrected chi connectivity index (χ2v) is 6.22. The number of carbonyl (C=O) groups excluding carboxylic acids is 2. The number of benzene rings is 2. The van der Waals surface area contributed by atoms with E-state index in [-0.39, 0.29) is 6.10 Å². The lowest BCUT2D eigenvalue weighted by molar-refractivity contribution is -0.129. The van der Waals surface area contributed by atoms with Crippen LogP contribution in [0.3, 0.4) is 0 Å². The standard InChI is InChI=1S/C19H18BrNO4/c1-13(2)24-14-7-9-15(10-8-14)25-19(23)12-11-18(22)21-17-6-4-3-5-16(17)20/h3-13H,1-2H3,(H,21,22)/b12-11+. The SMILES string of the molecule is CC(C)Oc1ccc(OC(=O)/C=C/C(=O)Nc2ccccc2Br)cc1. The summed E-state index contributed by atoms with van der Waals surface area (Å²) in [5.41, 5.74) is 0.617. The minimum atomic E-state index is -0.639. The fraction of sp³-hybridized carbons (Fsp3) is 0.158. The summed E-state index contributed by atoms with van der Waals surface area (Å²) < 4.78 is 11.4. The van der Waals surface area contributed by atoms with Gasteiger partial charge in [-0.1, -0.05) is 12.1 Å². The van der Waals surface area contributed by atoms with E-state index in [4.69, 9.17) is 9.47 Å². The normalized spacial score (nSPS) is 10.7. The van der Waals surface area contributed by atoms with E-state index in [9.17, 15) is 9.59 Å². The molecule has 2 aromatic carbocycles. The first-order valence-corrected chi connectivity index (χ1v) is 8.45. The van der Waals surface area contributed by atoms with Crippen molar-refractivity contribution in [2.24, 2.45) is 0 Å². The Labute approximate surface area is 154 Å². The Hall–Kier alpha value is -2.60. The predicted octanol–water partition coefficient (Wildman–Crippen LogP) is 4.34. The molecule has 0 aliphatic rings. The van der Waals surface area contributed by atoms with E-state index in [2.05, 4.69) is 21.2 Å². The molecule has 1 amide bonds. The Bertz CT molecular complexity index is 769. The van der Waals surface area contributed by atoms with Gasteiger partial charge in [0.15, 0.2) is 0 Å². The molecule has 0 atom stereocenters. The fourth-order valence-electron chi connectivity index (χ4n) is 1.89. The van der Waals surface area contributed by atoms with Crippen molar-refractivity contribution < 1.29 is 19.1 Å². The van der Waals surface area contributed by atoms with Crippen LogP contribution >= 0.6 is 15.9 Å². The molecule has 0 saturated carbocycles. The zero-order valence-corrected chi connectivity index (χ0v) is 15.4. The van der Waals surface area contributed by atoms with Crippen LogP contribution in [0, 0.1) is 0 Å². The molecule has 0 fully saturated rings. The van der Waals surface area contributed by atoms with Crippen molar-refractivity contribution in [3.05, 3.63) is 65.2 Å². The van der Waals surface area contributed by atoms with Crippen LogP contribution in [0.5, 0.6) is 11.5 Å². The van der Waals surface area contributed by atoms with Gasteiger partial charge in [-0.3, -0.25) is 4.79 Å². The van der Waals surface area contributed by atoms with E-state index in [0.29, 0.717) is 17.2 Å². The molecule has 6 heteroatoms. The molecule has 0 saturated heterocycles. The van der Waals surface area contributed by atoms with Crippen molar-refractivity contribution in [3.8, 4) is 11.5 Å². The predicted molar refractivity (Wildman–Crippen MR) is 99.8 cm³/mol. The van der Waals surface area contributed by atoms with E-state index in [1.165, 1.54) is 0 Å². The van der Waals surface area contributed by atoms with E-state index >= 15 is 0 Å². The van der Waals surface area contributed by atoms with Gasteiger partial charge in [0.1, 0.15) is 11.5 Å². The lowest BCUT2D eigenvalue weighted by Crippen LogP contribution is -2.11. The monoisotopic (exact) mass is 403 g/mol. The molecule has 25 heavy (non-hydrogen) atoms. The van der Waals surface area contributed by atoms with Crippen LogP contribution in [-0.4, -0.2) is 18.0 Å². The van der Waals surface area contributed by atoms with Crippen molar-refractivity contribution in [2.45, 2.75) is 20.0 Å². The quantitative estimate of drug-likeness (QED) is 0.442. The number of para-hydroxylation sites is 1. The number of amides is 1. The summed E-state index contributed by atoms with van der Waals surface area (Å²) in [6, 6.07) is 13.9. The molecular formula is C19H18BrNO4. The van der Waals surface area contributed by atoms with E-state index < -0.39 is 11.9 Å². The molecule has 2 aromatic rings. The maximum atomic E-state index is 11.8. The van der Waals surface area contributed by atoms with Crippen molar-refractivity contribution in [3.63, 3.8) is 0 Å². The molecule has 0 bridgehead atoms. The van der Waals surface area contributed by atoms with Crippen molar-refractivity contribution in [2.75, 3.05) is 5.32 Å². The minimum absolute atomic E-state index is 0.0690.